The summed E-state index contributed by atoms with van der Waals surface area (Å²) in [5, 5.41) is 0. The first-order valence-electron chi connectivity index (χ1n) is 5.93. The Morgan fingerprint density at radius 1 is 1.26 bits per heavy atom. The molecule has 0 aromatic carbocycles. The average molecular weight is 254 g/mol. The molecule has 0 unspecified atom stereocenters. The van der Waals surface area contributed by atoms with Crippen molar-refractivity contribution in [2.45, 2.75) is 6.54 Å². The molecule has 0 spiro atoms. The molecule has 0 fully saturated rings. The second-order valence-corrected chi connectivity index (χ2v) is 4.36. The van der Waals surface area contributed by atoms with E-state index in [0.717, 1.165) is 23.6 Å². The predicted octanol–water partition coefficient (Wildman–Crippen LogP) is 1.34. The Kier molecular flexibility index (Phi) is 2.75. The zero-order chi connectivity index (χ0) is 13.2. The third-order valence-corrected chi connectivity index (χ3v) is 2.91. The normalized spacial score (nSPS) is 10.8. The van der Waals surface area contributed by atoms with E-state index in [0.29, 0.717) is 5.82 Å². The van der Waals surface area contributed by atoms with Crippen LogP contribution in [0.15, 0.2) is 43.1 Å². The summed E-state index contributed by atoms with van der Waals surface area (Å²) in [6.07, 6.45) is 8.91. The van der Waals surface area contributed by atoms with Crippen molar-refractivity contribution in [3.8, 4) is 0 Å². The highest BCUT2D eigenvalue weighted by atomic mass is 15.2. The van der Waals surface area contributed by atoms with Crippen LogP contribution in [0.3, 0.4) is 0 Å². The molecular weight excluding hydrogens is 240 g/mol. The lowest BCUT2D eigenvalue weighted by Crippen LogP contribution is -2.19. The summed E-state index contributed by atoms with van der Waals surface area (Å²) in [5.41, 5.74) is 7.77. The van der Waals surface area contributed by atoms with Crippen molar-refractivity contribution in [1.82, 2.24) is 19.4 Å². The van der Waals surface area contributed by atoms with Crippen molar-refractivity contribution in [2.75, 3.05) is 17.7 Å². The molecule has 0 saturated heterocycles. The number of hydrogen-bond acceptors (Lipinski definition) is 5. The van der Waals surface area contributed by atoms with Crippen LogP contribution >= 0.6 is 0 Å². The van der Waals surface area contributed by atoms with E-state index < -0.39 is 0 Å². The summed E-state index contributed by atoms with van der Waals surface area (Å²) in [6, 6.07) is 3.96. The minimum atomic E-state index is 0.474. The lowest BCUT2D eigenvalue weighted by molar-refractivity contribution is 0.891. The van der Waals surface area contributed by atoms with Crippen molar-refractivity contribution < 1.29 is 0 Å². The van der Waals surface area contributed by atoms with Gasteiger partial charge in [-0.1, -0.05) is 0 Å². The smallest absolute Gasteiger partial charge is 0.180 e. The quantitative estimate of drug-likeness (QED) is 0.763. The standard InChI is InChI=1S/C13H14N6/c1-18(8-10-2-4-15-5-3-10)13-12-16-6-7-19(12)9-11(14)17-13/h2-7,9H,8,14H2,1H3. The summed E-state index contributed by atoms with van der Waals surface area (Å²) in [7, 11) is 1.97. The topological polar surface area (TPSA) is 72.3 Å². The summed E-state index contributed by atoms with van der Waals surface area (Å²) < 4.78 is 1.88. The number of anilines is 2. The van der Waals surface area contributed by atoms with Gasteiger partial charge in [0.1, 0.15) is 5.82 Å². The third-order valence-electron chi connectivity index (χ3n) is 2.91. The fraction of sp³-hybridized carbons (Fsp3) is 0.154. The highest BCUT2D eigenvalue weighted by molar-refractivity contribution is 5.66. The summed E-state index contributed by atoms with van der Waals surface area (Å²) in [4.78, 5) is 14.7. The number of imidazole rings is 1. The van der Waals surface area contributed by atoms with Crippen LogP contribution in [-0.2, 0) is 6.54 Å². The molecule has 0 aliphatic heterocycles. The van der Waals surface area contributed by atoms with Gasteiger partial charge in [0.15, 0.2) is 11.5 Å². The molecule has 3 aromatic heterocycles. The van der Waals surface area contributed by atoms with Crippen LogP contribution in [0.4, 0.5) is 11.6 Å². The van der Waals surface area contributed by atoms with Crippen LogP contribution < -0.4 is 10.6 Å². The van der Waals surface area contributed by atoms with Gasteiger partial charge in [0.2, 0.25) is 0 Å². The number of rotatable bonds is 3. The fourth-order valence-electron chi connectivity index (χ4n) is 2.03. The number of nitrogens with zero attached hydrogens (tertiary/aromatic N) is 5. The lowest BCUT2D eigenvalue weighted by Gasteiger charge is -2.19. The first kappa shape index (κ1) is 11.5. The molecule has 0 atom stereocenters. The molecular formula is C13H14N6. The van der Waals surface area contributed by atoms with Gasteiger partial charge in [-0.25, -0.2) is 9.97 Å². The molecule has 0 bridgehead atoms. The number of aromatic nitrogens is 4. The zero-order valence-electron chi connectivity index (χ0n) is 10.6. The Balaban J connectivity index is 1.97. The van der Waals surface area contributed by atoms with E-state index >= 15 is 0 Å². The van der Waals surface area contributed by atoms with E-state index in [4.69, 9.17) is 5.73 Å². The van der Waals surface area contributed by atoms with Crippen LogP contribution in [0.25, 0.3) is 5.65 Å². The summed E-state index contributed by atoms with van der Waals surface area (Å²) >= 11 is 0. The number of pyridine rings is 1. The van der Waals surface area contributed by atoms with E-state index in [-0.39, 0.29) is 0 Å². The van der Waals surface area contributed by atoms with Crippen molar-refractivity contribution in [1.29, 1.82) is 0 Å². The first-order chi connectivity index (χ1) is 9.24. The van der Waals surface area contributed by atoms with Gasteiger partial charge in [0, 0.05) is 38.4 Å². The number of hydrogen-bond donors (Lipinski definition) is 1. The van der Waals surface area contributed by atoms with Crippen molar-refractivity contribution >= 4 is 17.3 Å². The molecule has 0 radical (unpaired) electrons. The lowest BCUT2D eigenvalue weighted by atomic mass is 10.2. The Morgan fingerprint density at radius 3 is 2.84 bits per heavy atom. The molecule has 0 aliphatic rings. The van der Waals surface area contributed by atoms with Crippen LogP contribution in [0.2, 0.25) is 0 Å². The Hall–Kier alpha value is -2.63. The monoisotopic (exact) mass is 254 g/mol. The molecule has 0 aliphatic carbocycles. The number of nitrogens with two attached hydrogens (primary N) is 1. The Bertz CT molecular complexity index is 691. The van der Waals surface area contributed by atoms with Crippen molar-refractivity contribution in [3.63, 3.8) is 0 Å². The molecule has 96 valence electrons. The second kappa shape index (κ2) is 4.56. The molecule has 2 N–H and O–H groups in total. The first-order valence-corrected chi connectivity index (χ1v) is 5.93. The molecule has 0 saturated carbocycles. The molecule has 0 amide bonds. The maximum Gasteiger partial charge on any atom is 0.180 e. The Morgan fingerprint density at radius 2 is 2.05 bits per heavy atom. The van der Waals surface area contributed by atoms with E-state index in [9.17, 15) is 0 Å². The molecule has 3 heterocycles. The molecule has 6 nitrogen and oxygen atoms in total. The van der Waals surface area contributed by atoms with E-state index in [1.165, 1.54) is 0 Å². The van der Waals surface area contributed by atoms with Crippen molar-refractivity contribution in [2.24, 2.45) is 0 Å². The van der Waals surface area contributed by atoms with Gasteiger partial charge in [-0.2, -0.15) is 0 Å². The predicted molar refractivity (Wildman–Crippen MR) is 73.7 cm³/mol. The minimum absolute atomic E-state index is 0.474. The van der Waals surface area contributed by atoms with E-state index in [1.54, 1.807) is 24.8 Å². The minimum Gasteiger partial charge on any atom is -0.382 e. The zero-order valence-corrected chi connectivity index (χ0v) is 10.6. The summed E-state index contributed by atoms with van der Waals surface area (Å²) in [6.45, 7) is 0.724. The number of nitrogen functional groups attached to an aromatic ring is 1. The molecule has 3 aromatic rings. The maximum absolute atomic E-state index is 5.82. The SMILES string of the molecule is CN(Cc1ccncc1)c1nc(N)cn2ccnc12. The van der Waals surface area contributed by atoms with Crippen molar-refractivity contribution in [3.05, 3.63) is 48.7 Å². The van der Waals surface area contributed by atoms with Gasteiger partial charge in [0.05, 0.1) is 6.20 Å². The fourth-order valence-corrected chi connectivity index (χ4v) is 2.03. The Labute approximate surface area is 110 Å². The van der Waals surface area contributed by atoms with Gasteiger partial charge >= 0.3 is 0 Å². The van der Waals surface area contributed by atoms with Gasteiger partial charge in [-0.15, -0.1) is 0 Å². The van der Waals surface area contributed by atoms with Gasteiger partial charge in [-0.3, -0.25) is 4.98 Å². The summed E-state index contributed by atoms with van der Waals surface area (Å²) in [5.74, 6) is 1.24. The van der Waals surface area contributed by atoms with Crippen LogP contribution in [0.5, 0.6) is 0 Å². The highest BCUT2D eigenvalue weighted by Crippen LogP contribution is 2.19. The van der Waals surface area contributed by atoms with E-state index in [2.05, 4.69) is 15.0 Å². The van der Waals surface area contributed by atoms with Crippen LogP contribution in [0, 0.1) is 0 Å². The molecule has 19 heavy (non-hydrogen) atoms. The third kappa shape index (κ3) is 2.20. The number of fused-ring (bicyclic) bond motifs is 1. The highest BCUT2D eigenvalue weighted by Gasteiger charge is 2.11. The maximum atomic E-state index is 5.82. The largest absolute Gasteiger partial charge is 0.382 e. The van der Waals surface area contributed by atoms with Crippen LogP contribution in [-0.4, -0.2) is 26.4 Å². The second-order valence-electron chi connectivity index (χ2n) is 4.36. The van der Waals surface area contributed by atoms with Gasteiger partial charge in [-0.05, 0) is 17.7 Å². The molecule has 3 rings (SSSR count). The average Bonchev–Trinajstić information content (AvgIpc) is 2.86. The van der Waals surface area contributed by atoms with Gasteiger partial charge < -0.3 is 15.0 Å². The van der Waals surface area contributed by atoms with Crippen LogP contribution in [0.1, 0.15) is 5.56 Å². The molecule has 6 heteroatoms. The van der Waals surface area contributed by atoms with Gasteiger partial charge in [0.25, 0.3) is 0 Å². The van der Waals surface area contributed by atoms with E-state index in [1.807, 2.05) is 34.7 Å².